The molecule has 0 unspecified atom stereocenters. The lowest BCUT2D eigenvalue weighted by Gasteiger charge is -2.41. The van der Waals surface area contributed by atoms with Gasteiger partial charge in [0.05, 0.1) is 0 Å². The van der Waals surface area contributed by atoms with Crippen LogP contribution in [-0.2, 0) is 0 Å². The minimum absolute atomic E-state index is 1.09. The van der Waals surface area contributed by atoms with Gasteiger partial charge in [0.1, 0.15) is 0 Å². The molecule has 3 fully saturated rings. The van der Waals surface area contributed by atoms with Crippen LogP contribution in [0.4, 0.5) is 0 Å². The molecule has 3 aliphatic rings. The maximum Gasteiger partial charge on any atom is -0.0386 e. The second-order valence-corrected chi connectivity index (χ2v) is 10.9. The summed E-state index contributed by atoms with van der Waals surface area (Å²) >= 11 is 0. The molecule has 0 atom stereocenters. The van der Waals surface area contributed by atoms with Gasteiger partial charge >= 0.3 is 0 Å². The van der Waals surface area contributed by atoms with Crippen LogP contribution < -0.4 is 0 Å². The Balaban J connectivity index is 1.31. The molecule has 0 nitrogen and oxygen atoms in total. The Kier molecular flexibility index (Phi) is 9.54. The number of hydrogen-bond donors (Lipinski definition) is 0. The van der Waals surface area contributed by atoms with E-state index >= 15 is 0 Å². The SMILES string of the molecule is CCCCCC1CCC(C2CCC(C3CCC(CCCC)CC3)CC2)CC1. The average molecular weight is 375 g/mol. The summed E-state index contributed by atoms with van der Waals surface area (Å²) in [5.74, 6) is 6.62. The fourth-order valence-electron chi connectivity index (χ4n) is 7.16. The molecule has 0 heterocycles. The molecule has 0 spiro atoms. The fourth-order valence-corrected chi connectivity index (χ4v) is 7.16. The molecule has 0 aromatic carbocycles. The highest BCUT2D eigenvalue weighted by molar-refractivity contribution is 4.85. The first-order chi connectivity index (χ1) is 13.3. The van der Waals surface area contributed by atoms with Crippen LogP contribution in [0.15, 0.2) is 0 Å². The van der Waals surface area contributed by atoms with Crippen molar-refractivity contribution in [1.82, 2.24) is 0 Å². The predicted octanol–water partition coefficient (Wildman–Crippen LogP) is 9.18. The topological polar surface area (TPSA) is 0 Å². The smallest absolute Gasteiger partial charge is 0.0386 e. The van der Waals surface area contributed by atoms with E-state index in [1.807, 2.05) is 0 Å². The number of hydrogen-bond acceptors (Lipinski definition) is 0. The Hall–Kier alpha value is 0. The van der Waals surface area contributed by atoms with E-state index in [-0.39, 0.29) is 0 Å². The van der Waals surface area contributed by atoms with Crippen LogP contribution in [0, 0.1) is 35.5 Å². The molecule has 0 aliphatic heterocycles. The normalized spacial score (nSPS) is 38.0. The van der Waals surface area contributed by atoms with Crippen molar-refractivity contribution in [3.05, 3.63) is 0 Å². The highest BCUT2D eigenvalue weighted by Crippen LogP contribution is 2.46. The summed E-state index contributed by atoms with van der Waals surface area (Å²) in [5, 5.41) is 0. The van der Waals surface area contributed by atoms with Crippen LogP contribution in [0.2, 0.25) is 0 Å². The van der Waals surface area contributed by atoms with Crippen LogP contribution in [0.25, 0.3) is 0 Å². The quantitative estimate of drug-likeness (QED) is 0.353. The highest BCUT2D eigenvalue weighted by Gasteiger charge is 2.34. The van der Waals surface area contributed by atoms with Crippen LogP contribution in [0.1, 0.15) is 136 Å². The maximum absolute atomic E-state index is 2.35. The monoisotopic (exact) mass is 374 g/mol. The van der Waals surface area contributed by atoms with Crippen LogP contribution in [-0.4, -0.2) is 0 Å². The van der Waals surface area contributed by atoms with E-state index in [4.69, 9.17) is 0 Å². The summed E-state index contributed by atoms with van der Waals surface area (Å²) in [6.45, 7) is 4.69. The van der Waals surface area contributed by atoms with Crippen molar-refractivity contribution in [3.8, 4) is 0 Å². The lowest BCUT2D eigenvalue weighted by molar-refractivity contribution is 0.102. The Morgan fingerprint density at radius 1 is 0.407 bits per heavy atom. The summed E-state index contributed by atoms with van der Waals surface area (Å²) in [5.41, 5.74) is 0. The van der Waals surface area contributed by atoms with Crippen molar-refractivity contribution in [2.45, 2.75) is 136 Å². The molecule has 0 heteroatoms. The van der Waals surface area contributed by atoms with Gasteiger partial charge in [-0.05, 0) is 86.9 Å². The first-order valence-electron chi connectivity index (χ1n) is 13.3. The van der Waals surface area contributed by atoms with Crippen molar-refractivity contribution < 1.29 is 0 Å². The lowest BCUT2D eigenvalue weighted by atomic mass is 9.64. The average Bonchev–Trinajstić information content (AvgIpc) is 2.73. The van der Waals surface area contributed by atoms with E-state index in [9.17, 15) is 0 Å². The highest BCUT2D eigenvalue weighted by atomic mass is 14.4. The molecular weight excluding hydrogens is 324 g/mol. The van der Waals surface area contributed by atoms with Crippen LogP contribution >= 0.6 is 0 Å². The first-order valence-corrected chi connectivity index (χ1v) is 13.3. The van der Waals surface area contributed by atoms with E-state index in [0.29, 0.717) is 0 Å². The van der Waals surface area contributed by atoms with Gasteiger partial charge in [-0.1, -0.05) is 84.5 Å². The van der Waals surface area contributed by atoms with Gasteiger partial charge in [0, 0.05) is 0 Å². The zero-order valence-corrected chi connectivity index (χ0v) is 18.9. The summed E-state index contributed by atoms with van der Waals surface area (Å²) in [4.78, 5) is 0. The first kappa shape index (κ1) is 21.7. The molecule has 0 amide bonds. The van der Waals surface area contributed by atoms with Crippen LogP contribution in [0.5, 0.6) is 0 Å². The molecular formula is C27H50. The minimum atomic E-state index is 1.09. The van der Waals surface area contributed by atoms with Crippen molar-refractivity contribution in [1.29, 1.82) is 0 Å². The van der Waals surface area contributed by atoms with Crippen molar-refractivity contribution in [3.63, 3.8) is 0 Å². The number of unbranched alkanes of at least 4 members (excludes halogenated alkanes) is 3. The lowest BCUT2D eigenvalue weighted by Crippen LogP contribution is -2.29. The molecule has 3 saturated carbocycles. The molecule has 0 N–H and O–H groups in total. The molecule has 0 bridgehead atoms. The second-order valence-electron chi connectivity index (χ2n) is 10.9. The van der Waals surface area contributed by atoms with E-state index in [2.05, 4.69) is 13.8 Å². The van der Waals surface area contributed by atoms with E-state index in [1.54, 1.807) is 77.0 Å². The Bertz CT molecular complexity index is 361. The zero-order valence-electron chi connectivity index (χ0n) is 18.9. The molecule has 0 aromatic heterocycles. The molecule has 27 heavy (non-hydrogen) atoms. The Morgan fingerprint density at radius 3 is 1.11 bits per heavy atom. The van der Waals surface area contributed by atoms with Gasteiger partial charge in [-0.3, -0.25) is 0 Å². The summed E-state index contributed by atoms with van der Waals surface area (Å²) < 4.78 is 0. The zero-order chi connectivity index (χ0) is 18.9. The minimum Gasteiger partial charge on any atom is -0.0654 e. The summed E-state index contributed by atoms with van der Waals surface area (Å²) in [6.07, 6.45) is 29.2. The molecule has 0 saturated heterocycles. The largest absolute Gasteiger partial charge is 0.0654 e. The summed E-state index contributed by atoms with van der Waals surface area (Å²) in [7, 11) is 0. The standard InChI is InChI=1S/C27H50/c1-3-5-7-9-23-12-16-25(17-13-23)27-20-18-26(19-21-27)24-14-10-22(11-15-24)8-6-4-2/h22-27H,3-21H2,1-2H3. The van der Waals surface area contributed by atoms with Gasteiger partial charge < -0.3 is 0 Å². The van der Waals surface area contributed by atoms with Crippen LogP contribution in [0.3, 0.4) is 0 Å². The molecule has 158 valence electrons. The van der Waals surface area contributed by atoms with Crippen molar-refractivity contribution in [2.75, 3.05) is 0 Å². The Labute approximate surface area is 171 Å². The summed E-state index contributed by atoms with van der Waals surface area (Å²) in [6, 6.07) is 0. The molecule has 0 radical (unpaired) electrons. The van der Waals surface area contributed by atoms with E-state index < -0.39 is 0 Å². The van der Waals surface area contributed by atoms with Gasteiger partial charge in [-0.15, -0.1) is 0 Å². The van der Waals surface area contributed by atoms with Crippen molar-refractivity contribution >= 4 is 0 Å². The van der Waals surface area contributed by atoms with Crippen molar-refractivity contribution in [2.24, 2.45) is 35.5 Å². The number of rotatable bonds is 9. The maximum atomic E-state index is 2.35. The molecule has 3 aliphatic carbocycles. The van der Waals surface area contributed by atoms with Gasteiger partial charge in [0.2, 0.25) is 0 Å². The van der Waals surface area contributed by atoms with Gasteiger partial charge in [-0.25, -0.2) is 0 Å². The third kappa shape index (κ3) is 6.78. The molecule has 0 aromatic rings. The second kappa shape index (κ2) is 11.9. The third-order valence-corrected chi connectivity index (χ3v) is 9.11. The Morgan fingerprint density at radius 2 is 0.741 bits per heavy atom. The van der Waals surface area contributed by atoms with Gasteiger partial charge in [0.15, 0.2) is 0 Å². The van der Waals surface area contributed by atoms with E-state index in [0.717, 1.165) is 35.5 Å². The van der Waals surface area contributed by atoms with Gasteiger partial charge in [0.25, 0.3) is 0 Å². The third-order valence-electron chi connectivity index (χ3n) is 9.11. The predicted molar refractivity (Wildman–Crippen MR) is 120 cm³/mol. The fraction of sp³-hybridized carbons (Fsp3) is 1.00. The molecule has 3 rings (SSSR count). The van der Waals surface area contributed by atoms with E-state index in [1.165, 1.54) is 44.9 Å². The van der Waals surface area contributed by atoms with Gasteiger partial charge in [-0.2, -0.15) is 0 Å².